The van der Waals surface area contributed by atoms with Gasteiger partial charge >= 0.3 is 0 Å². The van der Waals surface area contributed by atoms with Crippen LogP contribution in [0.5, 0.6) is 11.5 Å². The first kappa shape index (κ1) is 19.7. The number of anilines is 1. The second-order valence-electron chi connectivity index (χ2n) is 6.23. The number of hydrogen-bond donors (Lipinski definition) is 0. The quantitative estimate of drug-likeness (QED) is 0.605. The summed E-state index contributed by atoms with van der Waals surface area (Å²) in [6.45, 7) is 2.12. The number of aryl methyl sites for hydroxylation is 1. The lowest BCUT2D eigenvalue weighted by Crippen LogP contribution is -2.30. The zero-order chi connectivity index (χ0) is 20.1. The third kappa shape index (κ3) is 4.09. The fourth-order valence-electron chi connectivity index (χ4n) is 2.79. The topological polar surface area (TPSA) is 68.7 Å². The van der Waals surface area contributed by atoms with Crippen molar-refractivity contribution in [3.63, 3.8) is 0 Å². The maximum absolute atomic E-state index is 13.5. The number of aromatic nitrogens is 1. The van der Waals surface area contributed by atoms with Gasteiger partial charge in [0, 0.05) is 18.5 Å². The van der Waals surface area contributed by atoms with E-state index < -0.39 is 10.0 Å². The molecule has 0 amide bonds. The largest absolute Gasteiger partial charge is 0.493 e. The summed E-state index contributed by atoms with van der Waals surface area (Å²) in [5.41, 5.74) is 2.41. The number of sulfonamides is 1. The van der Waals surface area contributed by atoms with Crippen LogP contribution in [-0.4, -0.2) is 27.6 Å². The van der Waals surface area contributed by atoms with Crippen molar-refractivity contribution in [1.29, 1.82) is 0 Å². The molecule has 0 fully saturated rings. The van der Waals surface area contributed by atoms with Crippen molar-refractivity contribution < 1.29 is 17.9 Å². The van der Waals surface area contributed by atoms with E-state index in [9.17, 15) is 8.42 Å². The lowest BCUT2D eigenvalue weighted by molar-refractivity contribution is 0.354. The number of benzene rings is 2. The first-order valence-corrected chi connectivity index (χ1v) is 10.1. The van der Waals surface area contributed by atoms with E-state index in [1.165, 1.54) is 30.7 Å². The van der Waals surface area contributed by atoms with E-state index in [-0.39, 0.29) is 11.4 Å². The molecule has 146 valence electrons. The molecule has 2 aromatic carbocycles. The van der Waals surface area contributed by atoms with Crippen molar-refractivity contribution in [2.45, 2.75) is 18.4 Å². The number of nitrogens with zero attached hydrogens (tertiary/aromatic N) is 2. The first-order valence-electron chi connectivity index (χ1n) is 8.66. The van der Waals surface area contributed by atoms with E-state index in [1.54, 1.807) is 36.7 Å². The summed E-state index contributed by atoms with van der Waals surface area (Å²) in [5, 5.41) is 0. The number of hydrogen-bond acceptors (Lipinski definition) is 5. The molecule has 0 bridgehead atoms. The Labute approximate surface area is 165 Å². The Morgan fingerprint density at radius 1 is 0.964 bits per heavy atom. The van der Waals surface area contributed by atoms with Crippen LogP contribution in [0.1, 0.15) is 11.1 Å². The van der Waals surface area contributed by atoms with E-state index in [4.69, 9.17) is 9.47 Å². The Hall–Kier alpha value is -3.06. The van der Waals surface area contributed by atoms with E-state index in [0.29, 0.717) is 17.2 Å². The second-order valence-corrected chi connectivity index (χ2v) is 8.09. The van der Waals surface area contributed by atoms with Gasteiger partial charge in [-0.2, -0.15) is 0 Å². The summed E-state index contributed by atoms with van der Waals surface area (Å²) in [5.74, 6) is 0.824. The van der Waals surface area contributed by atoms with Crippen LogP contribution in [0.25, 0.3) is 0 Å². The van der Waals surface area contributed by atoms with Gasteiger partial charge in [-0.3, -0.25) is 9.29 Å². The summed E-state index contributed by atoms with van der Waals surface area (Å²) < 4.78 is 38.9. The number of ether oxygens (including phenoxy) is 2. The van der Waals surface area contributed by atoms with Crippen LogP contribution in [0, 0.1) is 6.92 Å². The zero-order valence-corrected chi connectivity index (χ0v) is 16.8. The van der Waals surface area contributed by atoms with Gasteiger partial charge in [0.1, 0.15) is 0 Å². The molecule has 1 heterocycles. The summed E-state index contributed by atoms with van der Waals surface area (Å²) >= 11 is 0. The summed E-state index contributed by atoms with van der Waals surface area (Å²) in [6.07, 6.45) is 3.31. The van der Waals surface area contributed by atoms with Gasteiger partial charge in [0.2, 0.25) is 0 Å². The molecule has 0 saturated carbocycles. The number of methoxy groups -OCH3 is 2. The summed E-state index contributed by atoms with van der Waals surface area (Å²) in [6, 6.07) is 15.6. The Morgan fingerprint density at radius 2 is 1.68 bits per heavy atom. The molecule has 3 rings (SSSR count). The van der Waals surface area contributed by atoms with Crippen LogP contribution < -0.4 is 13.8 Å². The summed E-state index contributed by atoms with van der Waals surface area (Å²) in [7, 11) is -0.872. The molecule has 7 heteroatoms. The molecule has 0 unspecified atom stereocenters. The lowest BCUT2D eigenvalue weighted by Gasteiger charge is -2.25. The van der Waals surface area contributed by atoms with Crippen molar-refractivity contribution in [3.8, 4) is 11.5 Å². The fourth-order valence-corrected chi connectivity index (χ4v) is 4.26. The normalized spacial score (nSPS) is 11.1. The molecule has 1 aromatic heterocycles. The monoisotopic (exact) mass is 398 g/mol. The molecule has 0 radical (unpaired) electrons. The van der Waals surface area contributed by atoms with E-state index in [2.05, 4.69) is 4.98 Å². The molecule has 0 N–H and O–H groups in total. The SMILES string of the molecule is COc1ccc(S(=O)(=O)N(Cc2cccnc2)c2ccc(C)cc2)cc1OC. The maximum Gasteiger partial charge on any atom is 0.264 e. The first-order chi connectivity index (χ1) is 13.5. The highest BCUT2D eigenvalue weighted by Crippen LogP contribution is 2.33. The molecule has 0 atom stereocenters. The van der Waals surface area contributed by atoms with Crippen molar-refractivity contribution in [1.82, 2.24) is 4.98 Å². The Kier molecular flexibility index (Phi) is 5.84. The molecule has 28 heavy (non-hydrogen) atoms. The standard InChI is InChI=1S/C21H22N2O4S/c1-16-6-8-18(9-7-16)23(15-17-5-4-12-22-14-17)28(24,25)19-10-11-20(26-2)21(13-19)27-3/h4-14H,15H2,1-3H3. The van der Waals surface area contributed by atoms with Gasteiger partial charge in [-0.05, 0) is 42.8 Å². The fraction of sp³-hybridized carbons (Fsp3) is 0.190. The highest BCUT2D eigenvalue weighted by atomic mass is 32.2. The van der Waals surface area contributed by atoms with Gasteiger partial charge in [0.05, 0.1) is 31.3 Å². The van der Waals surface area contributed by atoms with Crippen molar-refractivity contribution in [3.05, 3.63) is 78.1 Å². The predicted octanol–water partition coefficient (Wildman–Crippen LogP) is 3.80. The second kappa shape index (κ2) is 8.31. The number of rotatable bonds is 7. The molecule has 0 aliphatic rings. The van der Waals surface area contributed by atoms with Crippen LogP contribution in [0.15, 0.2) is 71.9 Å². The van der Waals surface area contributed by atoms with Crippen LogP contribution >= 0.6 is 0 Å². The molecule has 3 aromatic rings. The predicted molar refractivity (Wildman–Crippen MR) is 108 cm³/mol. The average Bonchev–Trinajstić information content (AvgIpc) is 2.73. The molecular weight excluding hydrogens is 376 g/mol. The van der Waals surface area contributed by atoms with Gasteiger partial charge in [-0.15, -0.1) is 0 Å². The lowest BCUT2D eigenvalue weighted by atomic mass is 10.2. The minimum absolute atomic E-state index is 0.120. The molecule has 0 aliphatic heterocycles. The van der Waals surface area contributed by atoms with Gasteiger partial charge in [-0.25, -0.2) is 8.42 Å². The zero-order valence-electron chi connectivity index (χ0n) is 16.0. The highest BCUT2D eigenvalue weighted by Gasteiger charge is 2.26. The third-order valence-corrected chi connectivity index (χ3v) is 6.08. The molecule has 6 nitrogen and oxygen atoms in total. The minimum atomic E-state index is -3.85. The van der Waals surface area contributed by atoms with Gasteiger partial charge in [-0.1, -0.05) is 23.8 Å². The number of pyridine rings is 1. The Morgan fingerprint density at radius 3 is 2.29 bits per heavy atom. The summed E-state index contributed by atoms with van der Waals surface area (Å²) in [4.78, 5) is 4.21. The van der Waals surface area contributed by atoms with E-state index in [0.717, 1.165) is 11.1 Å². The van der Waals surface area contributed by atoms with E-state index >= 15 is 0 Å². The van der Waals surface area contributed by atoms with Gasteiger partial charge < -0.3 is 9.47 Å². The molecule has 0 saturated heterocycles. The molecule has 0 aliphatic carbocycles. The smallest absolute Gasteiger partial charge is 0.264 e. The van der Waals surface area contributed by atoms with Crippen molar-refractivity contribution in [2.24, 2.45) is 0 Å². The van der Waals surface area contributed by atoms with E-state index in [1.807, 2.05) is 25.1 Å². The maximum atomic E-state index is 13.5. The van der Waals surface area contributed by atoms with Gasteiger partial charge in [0.25, 0.3) is 10.0 Å². The minimum Gasteiger partial charge on any atom is -0.493 e. The Balaban J connectivity index is 2.09. The Bertz CT molecular complexity index is 1040. The van der Waals surface area contributed by atoms with Crippen LogP contribution in [0.4, 0.5) is 5.69 Å². The van der Waals surface area contributed by atoms with Crippen molar-refractivity contribution >= 4 is 15.7 Å². The van der Waals surface area contributed by atoms with Crippen LogP contribution in [0.2, 0.25) is 0 Å². The highest BCUT2D eigenvalue weighted by molar-refractivity contribution is 7.92. The third-order valence-electron chi connectivity index (χ3n) is 4.31. The van der Waals surface area contributed by atoms with Gasteiger partial charge in [0.15, 0.2) is 11.5 Å². The van der Waals surface area contributed by atoms with Crippen molar-refractivity contribution in [2.75, 3.05) is 18.5 Å². The molecule has 0 spiro atoms. The van der Waals surface area contributed by atoms with Crippen LogP contribution in [-0.2, 0) is 16.6 Å². The van der Waals surface area contributed by atoms with Crippen LogP contribution in [0.3, 0.4) is 0 Å². The average molecular weight is 398 g/mol. The molecular formula is C21H22N2O4S.